The lowest BCUT2D eigenvalue weighted by atomic mass is 10.1. The number of carboxylic acids is 1. The Hall–Kier alpha value is -2.11. The number of carbonyl (C=O) groups is 1. The Morgan fingerprint density at radius 1 is 1.35 bits per heavy atom. The van der Waals surface area contributed by atoms with Gasteiger partial charge in [-0.15, -0.1) is 0 Å². The molecule has 20 heavy (non-hydrogen) atoms. The molecule has 1 atom stereocenters. The fourth-order valence-corrected chi connectivity index (χ4v) is 1.90. The zero-order valence-corrected chi connectivity index (χ0v) is 11.2. The summed E-state index contributed by atoms with van der Waals surface area (Å²) in [6, 6.07) is 10.5. The Labute approximate surface area is 117 Å². The van der Waals surface area contributed by atoms with Crippen molar-refractivity contribution in [3.05, 3.63) is 59.5 Å². The lowest BCUT2D eigenvalue weighted by Gasteiger charge is -2.15. The molecule has 0 aliphatic carbocycles. The molecule has 2 rings (SSSR count). The Balaban J connectivity index is 1.97. The molecular weight excluding hydrogens is 258 g/mol. The highest BCUT2D eigenvalue weighted by Crippen LogP contribution is 2.15. The van der Waals surface area contributed by atoms with Crippen LogP contribution in [-0.4, -0.2) is 24.8 Å². The third-order valence-corrected chi connectivity index (χ3v) is 2.97. The number of nitrogens with one attached hydrogen (secondary N) is 1. The molecule has 0 aliphatic heterocycles. The Bertz CT molecular complexity index is 534. The summed E-state index contributed by atoms with van der Waals surface area (Å²) in [5.41, 5.74) is 1.29. The van der Waals surface area contributed by atoms with Gasteiger partial charge in [0.05, 0.1) is 24.5 Å². The summed E-state index contributed by atoms with van der Waals surface area (Å²) < 4.78 is 10.5. The van der Waals surface area contributed by atoms with Gasteiger partial charge in [0.2, 0.25) is 0 Å². The van der Waals surface area contributed by atoms with Crippen molar-refractivity contribution in [3.8, 4) is 0 Å². The Kier molecular flexibility index (Phi) is 4.92. The quantitative estimate of drug-likeness (QED) is 0.812. The maximum Gasteiger partial charge on any atom is 0.335 e. The molecule has 0 saturated heterocycles. The van der Waals surface area contributed by atoms with Crippen LogP contribution in [0.25, 0.3) is 0 Å². The van der Waals surface area contributed by atoms with E-state index < -0.39 is 5.97 Å². The third kappa shape index (κ3) is 3.69. The molecule has 1 unspecified atom stereocenters. The second kappa shape index (κ2) is 6.88. The molecule has 0 radical (unpaired) electrons. The SMILES string of the molecule is COCC(NCc1ccc(C(=O)O)cc1)c1ccco1. The van der Waals surface area contributed by atoms with Crippen molar-refractivity contribution in [2.75, 3.05) is 13.7 Å². The van der Waals surface area contributed by atoms with Crippen LogP contribution in [0.4, 0.5) is 0 Å². The molecule has 1 heterocycles. The summed E-state index contributed by atoms with van der Waals surface area (Å²) >= 11 is 0. The van der Waals surface area contributed by atoms with Gasteiger partial charge in [-0.25, -0.2) is 4.79 Å². The van der Waals surface area contributed by atoms with Gasteiger partial charge < -0.3 is 19.6 Å². The highest BCUT2D eigenvalue weighted by molar-refractivity contribution is 5.87. The van der Waals surface area contributed by atoms with Crippen molar-refractivity contribution in [2.45, 2.75) is 12.6 Å². The minimum atomic E-state index is -0.919. The first-order valence-corrected chi connectivity index (χ1v) is 6.28. The van der Waals surface area contributed by atoms with Crippen molar-refractivity contribution in [2.24, 2.45) is 0 Å². The van der Waals surface area contributed by atoms with E-state index in [1.165, 1.54) is 0 Å². The molecule has 0 amide bonds. The average Bonchev–Trinajstić information content (AvgIpc) is 2.98. The second-order valence-electron chi connectivity index (χ2n) is 4.41. The van der Waals surface area contributed by atoms with Crippen LogP contribution >= 0.6 is 0 Å². The van der Waals surface area contributed by atoms with E-state index in [2.05, 4.69) is 5.32 Å². The minimum absolute atomic E-state index is 0.0332. The minimum Gasteiger partial charge on any atom is -0.478 e. The molecule has 0 saturated carbocycles. The molecule has 2 N–H and O–H groups in total. The molecule has 5 nitrogen and oxygen atoms in total. The highest BCUT2D eigenvalue weighted by Gasteiger charge is 2.13. The van der Waals surface area contributed by atoms with Gasteiger partial charge in [0.1, 0.15) is 5.76 Å². The topological polar surface area (TPSA) is 71.7 Å². The van der Waals surface area contributed by atoms with E-state index in [0.717, 1.165) is 11.3 Å². The van der Waals surface area contributed by atoms with E-state index in [9.17, 15) is 4.79 Å². The first kappa shape index (κ1) is 14.3. The molecule has 5 heteroatoms. The molecule has 0 bridgehead atoms. The van der Waals surface area contributed by atoms with Gasteiger partial charge >= 0.3 is 5.97 Å². The van der Waals surface area contributed by atoms with Crippen molar-refractivity contribution >= 4 is 5.97 Å². The molecule has 2 aromatic rings. The number of hydrogen-bond acceptors (Lipinski definition) is 4. The van der Waals surface area contributed by atoms with Crippen molar-refractivity contribution in [3.63, 3.8) is 0 Å². The number of rotatable bonds is 7. The summed E-state index contributed by atoms with van der Waals surface area (Å²) in [7, 11) is 1.64. The van der Waals surface area contributed by atoms with E-state index in [0.29, 0.717) is 13.2 Å². The Morgan fingerprint density at radius 2 is 2.10 bits per heavy atom. The van der Waals surface area contributed by atoms with Crippen LogP contribution in [0.5, 0.6) is 0 Å². The summed E-state index contributed by atoms with van der Waals surface area (Å²) in [5.74, 6) is -0.105. The highest BCUT2D eigenvalue weighted by atomic mass is 16.5. The molecule has 1 aromatic heterocycles. The van der Waals surface area contributed by atoms with E-state index >= 15 is 0 Å². The smallest absolute Gasteiger partial charge is 0.335 e. The van der Waals surface area contributed by atoms with Gasteiger partial charge in [-0.05, 0) is 29.8 Å². The maximum atomic E-state index is 10.8. The molecule has 0 aliphatic rings. The molecule has 1 aromatic carbocycles. The summed E-state index contributed by atoms with van der Waals surface area (Å²) in [6.07, 6.45) is 1.63. The first-order valence-electron chi connectivity index (χ1n) is 6.28. The zero-order valence-electron chi connectivity index (χ0n) is 11.2. The number of benzene rings is 1. The summed E-state index contributed by atoms with van der Waals surface area (Å²) in [4.78, 5) is 10.8. The number of furan rings is 1. The van der Waals surface area contributed by atoms with Gasteiger partial charge in [-0.2, -0.15) is 0 Å². The number of aromatic carboxylic acids is 1. The van der Waals surface area contributed by atoms with Crippen LogP contribution in [0.1, 0.15) is 27.7 Å². The monoisotopic (exact) mass is 275 g/mol. The average molecular weight is 275 g/mol. The first-order chi connectivity index (χ1) is 9.70. The van der Waals surface area contributed by atoms with E-state index in [1.54, 1.807) is 37.6 Å². The van der Waals surface area contributed by atoms with E-state index in [1.807, 2.05) is 12.1 Å². The van der Waals surface area contributed by atoms with Crippen LogP contribution in [0.3, 0.4) is 0 Å². The van der Waals surface area contributed by atoms with Crippen molar-refractivity contribution < 1.29 is 19.1 Å². The fourth-order valence-electron chi connectivity index (χ4n) is 1.90. The zero-order chi connectivity index (χ0) is 14.4. The van der Waals surface area contributed by atoms with Gasteiger partial charge in [-0.1, -0.05) is 12.1 Å². The van der Waals surface area contributed by atoms with Gasteiger partial charge in [-0.3, -0.25) is 0 Å². The predicted molar refractivity (Wildman–Crippen MR) is 73.6 cm³/mol. The molecule has 0 spiro atoms. The normalized spacial score (nSPS) is 12.2. The molecule has 106 valence electrons. The fraction of sp³-hybridized carbons (Fsp3) is 0.267. The maximum absolute atomic E-state index is 10.8. The van der Waals surface area contributed by atoms with Gasteiger partial charge in [0.25, 0.3) is 0 Å². The van der Waals surface area contributed by atoms with Crippen LogP contribution in [0.2, 0.25) is 0 Å². The second-order valence-corrected chi connectivity index (χ2v) is 4.41. The van der Waals surface area contributed by atoms with Crippen LogP contribution in [0.15, 0.2) is 47.1 Å². The Morgan fingerprint density at radius 3 is 2.65 bits per heavy atom. The number of ether oxygens (including phenoxy) is 1. The van der Waals surface area contributed by atoms with Gasteiger partial charge in [0, 0.05) is 13.7 Å². The van der Waals surface area contributed by atoms with E-state index in [4.69, 9.17) is 14.3 Å². The number of hydrogen-bond donors (Lipinski definition) is 2. The molecular formula is C15H17NO4. The lowest BCUT2D eigenvalue weighted by Crippen LogP contribution is -2.24. The van der Waals surface area contributed by atoms with Crippen molar-refractivity contribution in [1.29, 1.82) is 0 Å². The van der Waals surface area contributed by atoms with Crippen LogP contribution < -0.4 is 5.32 Å². The third-order valence-electron chi connectivity index (χ3n) is 2.97. The standard InChI is InChI=1S/C15H17NO4/c1-19-10-13(14-3-2-8-20-14)16-9-11-4-6-12(7-5-11)15(17)18/h2-8,13,16H,9-10H2,1H3,(H,17,18). The number of carboxylic acid groups (broad SMARTS) is 1. The largest absolute Gasteiger partial charge is 0.478 e. The summed E-state index contributed by atoms with van der Waals surface area (Å²) in [6.45, 7) is 1.11. The summed E-state index contributed by atoms with van der Waals surface area (Å²) in [5, 5.41) is 12.2. The van der Waals surface area contributed by atoms with Crippen LogP contribution in [0, 0.1) is 0 Å². The predicted octanol–water partition coefficient (Wildman–Crippen LogP) is 2.46. The van der Waals surface area contributed by atoms with Crippen molar-refractivity contribution in [1.82, 2.24) is 5.32 Å². The van der Waals surface area contributed by atoms with Crippen LogP contribution in [-0.2, 0) is 11.3 Å². The van der Waals surface area contributed by atoms with E-state index in [-0.39, 0.29) is 11.6 Å². The number of methoxy groups -OCH3 is 1. The molecule has 0 fully saturated rings. The van der Waals surface area contributed by atoms with Gasteiger partial charge in [0.15, 0.2) is 0 Å². The lowest BCUT2D eigenvalue weighted by molar-refractivity contribution is 0.0697.